The molecule has 3 N–H and O–H groups in total. The molecule has 2 heterocycles. The summed E-state index contributed by atoms with van der Waals surface area (Å²) < 4.78 is 10.6. The Morgan fingerprint density at radius 3 is 2.86 bits per heavy atom. The van der Waals surface area contributed by atoms with E-state index in [9.17, 15) is 4.79 Å². The fraction of sp³-hybridized carbons (Fsp3) is 0.0667. The Morgan fingerprint density at radius 1 is 1.29 bits per heavy atom. The van der Waals surface area contributed by atoms with E-state index in [1.165, 1.54) is 7.11 Å². The van der Waals surface area contributed by atoms with Gasteiger partial charge in [0.05, 0.1) is 12.8 Å². The maximum absolute atomic E-state index is 12.3. The highest BCUT2D eigenvalue weighted by Crippen LogP contribution is 2.28. The average Bonchev–Trinajstić information content (AvgIpc) is 2.85. The van der Waals surface area contributed by atoms with Gasteiger partial charge in [0.1, 0.15) is 17.0 Å². The molecule has 1 aromatic carbocycles. The monoisotopic (exact) mass is 283 g/mol. The molecule has 21 heavy (non-hydrogen) atoms. The zero-order valence-corrected chi connectivity index (χ0v) is 11.3. The maximum atomic E-state index is 12.3. The van der Waals surface area contributed by atoms with Crippen LogP contribution in [0.1, 0.15) is 10.6 Å². The largest absolute Gasteiger partial charge is 0.495 e. The molecule has 3 aromatic rings. The van der Waals surface area contributed by atoms with Gasteiger partial charge in [-0.2, -0.15) is 0 Å². The van der Waals surface area contributed by atoms with Crippen LogP contribution in [0.15, 0.2) is 47.0 Å². The molecule has 106 valence electrons. The zero-order valence-electron chi connectivity index (χ0n) is 11.3. The number of ether oxygens (including phenoxy) is 1. The van der Waals surface area contributed by atoms with E-state index in [4.69, 9.17) is 14.9 Å². The lowest BCUT2D eigenvalue weighted by Crippen LogP contribution is -2.13. The molecule has 1 amide bonds. The molecule has 0 fully saturated rings. The summed E-state index contributed by atoms with van der Waals surface area (Å²) in [5.41, 5.74) is 7.62. The van der Waals surface area contributed by atoms with Crippen LogP contribution in [0.5, 0.6) is 5.75 Å². The summed E-state index contributed by atoms with van der Waals surface area (Å²) >= 11 is 0. The first-order valence-electron chi connectivity index (χ1n) is 6.28. The predicted octanol–water partition coefficient (Wildman–Crippen LogP) is 2.67. The Balaban J connectivity index is 1.96. The van der Waals surface area contributed by atoms with Gasteiger partial charge >= 0.3 is 0 Å². The molecule has 0 aliphatic carbocycles. The number of nitrogens with zero attached hydrogens (tertiary/aromatic N) is 1. The molecule has 0 bridgehead atoms. The number of para-hydroxylation sites is 2. The van der Waals surface area contributed by atoms with Crippen molar-refractivity contribution in [1.29, 1.82) is 0 Å². The second-order valence-electron chi connectivity index (χ2n) is 4.35. The lowest BCUT2D eigenvalue weighted by atomic mass is 10.2. The molecule has 2 aromatic heterocycles. The van der Waals surface area contributed by atoms with E-state index in [1.807, 2.05) is 6.07 Å². The standard InChI is InChI=1S/C15H13N3O3/c1-20-10-6-3-2-5-9(10)18-15(19)14-12(16)13-11(21-14)7-4-8-17-13/h2-8H,16H2,1H3,(H,18,19). The van der Waals surface area contributed by atoms with Crippen molar-refractivity contribution in [2.24, 2.45) is 0 Å². The number of hydrogen-bond acceptors (Lipinski definition) is 5. The number of carbonyl (C=O) groups is 1. The number of rotatable bonds is 3. The van der Waals surface area contributed by atoms with E-state index in [1.54, 1.807) is 36.5 Å². The normalized spacial score (nSPS) is 10.5. The van der Waals surface area contributed by atoms with Crippen molar-refractivity contribution in [3.8, 4) is 5.75 Å². The second-order valence-corrected chi connectivity index (χ2v) is 4.35. The Bertz CT molecular complexity index is 811. The number of nitrogen functional groups attached to an aromatic ring is 1. The van der Waals surface area contributed by atoms with Crippen LogP contribution in [-0.4, -0.2) is 18.0 Å². The molecule has 0 spiro atoms. The van der Waals surface area contributed by atoms with Gasteiger partial charge in [-0.25, -0.2) is 0 Å². The van der Waals surface area contributed by atoms with E-state index in [0.717, 1.165) is 0 Å². The number of anilines is 2. The van der Waals surface area contributed by atoms with Crippen LogP contribution in [0.2, 0.25) is 0 Å². The first-order chi connectivity index (χ1) is 10.2. The molecule has 6 heteroatoms. The number of amides is 1. The minimum atomic E-state index is -0.449. The number of furan rings is 1. The second kappa shape index (κ2) is 5.16. The van der Waals surface area contributed by atoms with Gasteiger partial charge in [0, 0.05) is 6.20 Å². The fourth-order valence-corrected chi connectivity index (χ4v) is 2.04. The number of aromatic nitrogens is 1. The Labute approximate surface area is 120 Å². The molecular weight excluding hydrogens is 270 g/mol. The van der Waals surface area contributed by atoms with E-state index in [2.05, 4.69) is 10.3 Å². The van der Waals surface area contributed by atoms with E-state index < -0.39 is 5.91 Å². The van der Waals surface area contributed by atoms with Gasteiger partial charge in [-0.1, -0.05) is 12.1 Å². The highest BCUT2D eigenvalue weighted by molar-refractivity contribution is 6.10. The highest BCUT2D eigenvalue weighted by Gasteiger charge is 2.20. The molecule has 6 nitrogen and oxygen atoms in total. The summed E-state index contributed by atoms with van der Waals surface area (Å²) in [7, 11) is 1.53. The SMILES string of the molecule is COc1ccccc1NC(=O)c1oc2cccnc2c1N. The summed E-state index contributed by atoms with van der Waals surface area (Å²) in [4.78, 5) is 16.4. The summed E-state index contributed by atoms with van der Waals surface area (Å²) in [5.74, 6) is 0.142. The predicted molar refractivity (Wildman–Crippen MR) is 79.4 cm³/mol. The van der Waals surface area contributed by atoms with Crippen molar-refractivity contribution in [3.05, 3.63) is 48.4 Å². The summed E-state index contributed by atoms with van der Waals surface area (Å²) in [6.07, 6.45) is 1.59. The van der Waals surface area contributed by atoms with E-state index in [-0.39, 0.29) is 11.4 Å². The summed E-state index contributed by atoms with van der Waals surface area (Å²) in [5, 5.41) is 2.71. The van der Waals surface area contributed by atoms with Crippen molar-refractivity contribution in [1.82, 2.24) is 4.98 Å². The molecule has 0 atom stereocenters. The summed E-state index contributed by atoms with van der Waals surface area (Å²) in [6.45, 7) is 0. The van der Waals surface area contributed by atoms with Crippen LogP contribution in [0.25, 0.3) is 11.1 Å². The van der Waals surface area contributed by atoms with Crippen LogP contribution in [-0.2, 0) is 0 Å². The van der Waals surface area contributed by atoms with Crippen molar-refractivity contribution in [2.75, 3.05) is 18.2 Å². The Kier molecular flexibility index (Phi) is 3.19. The number of nitrogens with one attached hydrogen (secondary N) is 1. The van der Waals surface area contributed by atoms with E-state index in [0.29, 0.717) is 22.5 Å². The topological polar surface area (TPSA) is 90.4 Å². The van der Waals surface area contributed by atoms with Crippen molar-refractivity contribution in [3.63, 3.8) is 0 Å². The zero-order chi connectivity index (χ0) is 14.8. The molecule has 0 aliphatic rings. The minimum Gasteiger partial charge on any atom is -0.495 e. The first-order valence-corrected chi connectivity index (χ1v) is 6.28. The Morgan fingerprint density at radius 2 is 2.10 bits per heavy atom. The minimum absolute atomic E-state index is 0.0367. The van der Waals surface area contributed by atoms with Crippen molar-refractivity contribution >= 4 is 28.4 Å². The van der Waals surface area contributed by atoms with Gasteiger partial charge in [0.2, 0.25) is 5.76 Å². The third-order valence-corrected chi connectivity index (χ3v) is 3.04. The number of hydrogen-bond donors (Lipinski definition) is 2. The lowest BCUT2D eigenvalue weighted by Gasteiger charge is -2.08. The molecule has 0 unspecified atom stereocenters. The van der Waals surface area contributed by atoms with Gasteiger partial charge in [-0.05, 0) is 24.3 Å². The van der Waals surface area contributed by atoms with Gasteiger partial charge < -0.3 is 20.2 Å². The van der Waals surface area contributed by atoms with Crippen molar-refractivity contribution < 1.29 is 13.9 Å². The average molecular weight is 283 g/mol. The molecule has 0 aliphatic heterocycles. The number of methoxy groups -OCH3 is 1. The quantitative estimate of drug-likeness (QED) is 0.771. The Hall–Kier alpha value is -3.02. The first kappa shape index (κ1) is 13.0. The molecule has 0 radical (unpaired) electrons. The van der Waals surface area contributed by atoms with Gasteiger partial charge in [-0.3, -0.25) is 9.78 Å². The molecule has 0 saturated heterocycles. The van der Waals surface area contributed by atoms with Gasteiger partial charge in [-0.15, -0.1) is 0 Å². The van der Waals surface area contributed by atoms with Crippen LogP contribution < -0.4 is 15.8 Å². The van der Waals surface area contributed by atoms with Crippen LogP contribution >= 0.6 is 0 Å². The fourth-order valence-electron chi connectivity index (χ4n) is 2.04. The summed E-state index contributed by atoms with van der Waals surface area (Å²) in [6, 6.07) is 10.5. The van der Waals surface area contributed by atoms with Gasteiger partial charge in [0.15, 0.2) is 5.58 Å². The molecule has 0 saturated carbocycles. The smallest absolute Gasteiger partial charge is 0.293 e. The number of fused-ring (bicyclic) bond motifs is 1. The van der Waals surface area contributed by atoms with Crippen LogP contribution in [0, 0.1) is 0 Å². The number of carbonyl (C=O) groups excluding carboxylic acids is 1. The third kappa shape index (κ3) is 2.27. The molecular formula is C15H13N3O3. The molecule has 3 rings (SSSR count). The maximum Gasteiger partial charge on any atom is 0.293 e. The van der Waals surface area contributed by atoms with E-state index >= 15 is 0 Å². The van der Waals surface area contributed by atoms with Crippen LogP contribution in [0.4, 0.5) is 11.4 Å². The third-order valence-electron chi connectivity index (χ3n) is 3.04. The lowest BCUT2D eigenvalue weighted by molar-refractivity contribution is 0.0999. The number of pyridine rings is 1. The number of nitrogens with two attached hydrogens (primary N) is 1. The number of benzene rings is 1. The van der Waals surface area contributed by atoms with Gasteiger partial charge in [0.25, 0.3) is 5.91 Å². The van der Waals surface area contributed by atoms with Crippen LogP contribution in [0.3, 0.4) is 0 Å². The van der Waals surface area contributed by atoms with Crippen molar-refractivity contribution in [2.45, 2.75) is 0 Å². The highest BCUT2D eigenvalue weighted by atomic mass is 16.5.